The van der Waals surface area contributed by atoms with Crippen LogP contribution in [0.15, 0.2) is 22.8 Å². The van der Waals surface area contributed by atoms with Crippen molar-refractivity contribution in [2.45, 2.75) is 26.3 Å². The second-order valence-corrected chi connectivity index (χ2v) is 5.31. The van der Waals surface area contributed by atoms with Gasteiger partial charge in [0.15, 0.2) is 6.54 Å². The predicted octanol–water partition coefficient (Wildman–Crippen LogP) is -0.246. The lowest BCUT2D eigenvalue weighted by atomic mass is 9.97. The molecule has 0 radical (unpaired) electrons. The van der Waals surface area contributed by atoms with Crippen molar-refractivity contribution in [3.05, 3.63) is 24.2 Å². The summed E-state index contributed by atoms with van der Waals surface area (Å²) in [6.45, 7) is 4.78. The lowest BCUT2D eigenvalue weighted by Gasteiger charge is -2.27. The minimum Gasteiger partial charge on any atom is -0.467 e. The summed E-state index contributed by atoms with van der Waals surface area (Å²) in [4.78, 5) is 24.7. The maximum atomic E-state index is 11.9. The molecular weight excluding hydrogens is 272 g/mol. The van der Waals surface area contributed by atoms with E-state index < -0.39 is 0 Å². The van der Waals surface area contributed by atoms with Crippen LogP contribution in [0.25, 0.3) is 0 Å². The molecule has 2 heterocycles. The van der Waals surface area contributed by atoms with Crippen LogP contribution in [0, 0.1) is 5.92 Å². The highest BCUT2D eigenvalue weighted by Gasteiger charge is 2.29. The molecule has 1 aliphatic heterocycles. The minimum atomic E-state index is -0.0983. The van der Waals surface area contributed by atoms with Crippen LogP contribution in [-0.4, -0.2) is 38.1 Å². The molecule has 21 heavy (non-hydrogen) atoms. The quantitative estimate of drug-likeness (QED) is 0.710. The normalized spacial score (nSPS) is 21.8. The van der Waals surface area contributed by atoms with Gasteiger partial charge in [0.05, 0.1) is 38.4 Å². The Labute approximate surface area is 124 Å². The number of amides is 1. The van der Waals surface area contributed by atoms with Crippen LogP contribution in [0.4, 0.5) is 0 Å². The van der Waals surface area contributed by atoms with Crippen LogP contribution in [0.1, 0.15) is 25.5 Å². The van der Waals surface area contributed by atoms with E-state index >= 15 is 0 Å². The Morgan fingerprint density at radius 2 is 2.19 bits per heavy atom. The zero-order valence-electron chi connectivity index (χ0n) is 12.4. The van der Waals surface area contributed by atoms with Gasteiger partial charge in [0.2, 0.25) is 0 Å². The predicted molar refractivity (Wildman–Crippen MR) is 75.5 cm³/mol. The molecule has 2 N–H and O–H groups in total. The van der Waals surface area contributed by atoms with E-state index in [1.807, 2.05) is 13.0 Å². The van der Waals surface area contributed by atoms with E-state index in [1.165, 1.54) is 4.90 Å². The van der Waals surface area contributed by atoms with Gasteiger partial charge in [-0.05, 0) is 19.1 Å². The molecule has 116 valence electrons. The summed E-state index contributed by atoms with van der Waals surface area (Å²) in [6, 6.07) is 3.63. The molecule has 0 unspecified atom stereocenters. The van der Waals surface area contributed by atoms with Crippen molar-refractivity contribution in [3.63, 3.8) is 0 Å². The van der Waals surface area contributed by atoms with Crippen molar-refractivity contribution in [2.24, 2.45) is 5.92 Å². The van der Waals surface area contributed by atoms with Crippen LogP contribution >= 0.6 is 0 Å². The second-order valence-electron chi connectivity index (χ2n) is 5.31. The third kappa shape index (κ3) is 4.90. The van der Waals surface area contributed by atoms with E-state index in [0.717, 1.165) is 31.7 Å². The molecule has 0 bridgehead atoms. The number of carbonyl (C=O) groups is 2. The summed E-state index contributed by atoms with van der Waals surface area (Å²) in [5.41, 5.74) is 0. The van der Waals surface area contributed by atoms with E-state index in [-0.39, 0.29) is 17.8 Å². The molecule has 2 rings (SSSR count). The minimum absolute atomic E-state index is 0.000111. The Morgan fingerprint density at radius 3 is 2.81 bits per heavy atom. The molecule has 1 fully saturated rings. The summed E-state index contributed by atoms with van der Waals surface area (Å²) >= 11 is 0. The Morgan fingerprint density at radius 1 is 1.43 bits per heavy atom. The number of hydrogen-bond donors (Lipinski definition) is 2. The monoisotopic (exact) mass is 295 g/mol. The molecule has 0 aliphatic carbocycles. The zero-order chi connectivity index (χ0) is 15.1. The van der Waals surface area contributed by atoms with Crippen LogP contribution in [-0.2, 0) is 20.9 Å². The molecule has 1 aromatic rings. The number of hydrogen-bond acceptors (Lipinski definition) is 4. The fourth-order valence-corrected chi connectivity index (χ4v) is 2.59. The molecule has 0 aromatic carbocycles. The van der Waals surface area contributed by atoms with Crippen molar-refractivity contribution in [1.29, 1.82) is 0 Å². The maximum Gasteiger partial charge on any atom is 0.309 e. The number of piperidine rings is 1. The topological polar surface area (TPSA) is 73.0 Å². The largest absolute Gasteiger partial charge is 0.467 e. The average molecular weight is 295 g/mol. The molecule has 0 saturated carbocycles. The fraction of sp³-hybridized carbons (Fsp3) is 0.600. The number of quaternary nitrogens is 1. The van der Waals surface area contributed by atoms with Gasteiger partial charge in [0.1, 0.15) is 5.76 Å². The van der Waals surface area contributed by atoms with Crippen molar-refractivity contribution in [3.8, 4) is 0 Å². The first-order chi connectivity index (χ1) is 10.2. The summed E-state index contributed by atoms with van der Waals surface area (Å²) in [5, 5.41) is 2.84. The summed E-state index contributed by atoms with van der Waals surface area (Å²) in [5.74, 6) is 0.661. The van der Waals surface area contributed by atoms with Crippen LogP contribution in [0.2, 0.25) is 0 Å². The molecule has 6 heteroatoms. The molecular formula is C15H23N2O4+. The van der Waals surface area contributed by atoms with Crippen molar-refractivity contribution >= 4 is 11.9 Å². The number of carbonyl (C=O) groups excluding carboxylic acids is 2. The summed E-state index contributed by atoms with van der Waals surface area (Å²) < 4.78 is 10.2. The maximum absolute atomic E-state index is 11.9. The van der Waals surface area contributed by atoms with Gasteiger partial charge in [-0.3, -0.25) is 9.59 Å². The highest BCUT2D eigenvalue weighted by atomic mass is 16.5. The van der Waals surface area contributed by atoms with Gasteiger partial charge < -0.3 is 19.4 Å². The first-order valence-electron chi connectivity index (χ1n) is 7.48. The van der Waals surface area contributed by atoms with Gasteiger partial charge in [-0.25, -0.2) is 0 Å². The first kappa shape index (κ1) is 15.6. The van der Waals surface area contributed by atoms with Gasteiger partial charge in [-0.1, -0.05) is 0 Å². The van der Waals surface area contributed by atoms with Crippen molar-refractivity contribution < 1.29 is 23.6 Å². The average Bonchev–Trinajstić information content (AvgIpc) is 2.99. The first-order valence-corrected chi connectivity index (χ1v) is 7.48. The van der Waals surface area contributed by atoms with Crippen LogP contribution < -0.4 is 10.2 Å². The number of esters is 1. The molecule has 1 aromatic heterocycles. The van der Waals surface area contributed by atoms with Gasteiger partial charge in [0, 0.05) is 12.8 Å². The standard InChI is InChI=1S/C15H22N2O4/c1-2-20-15(19)12-5-7-17(8-6-12)11-14(18)16-10-13-4-3-9-21-13/h3-4,9,12H,2,5-8,10-11H2,1H3,(H,16,18)/p+1. The fourth-order valence-electron chi connectivity index (χ4n) is 2.59. The molecule has 0 atom stereocenters. The second kappa shape index (κ2) is 7.83. The Bertz CT molecular complexity index is 450. The third-order valence-corrected chi connectivity index (χ3v) is 3.76. The van der Waals surface area contributed by atoms with Crippen LogP contribution in [0.3, 0.4) is 0 Å². The van der Waals surface area contributed by atoms with E-state index in [1.54, 1.807) is 12.3 Å². The number of furan rings is 1. The van der Waals surface area contributed by atoms with Crippen molar-refractivity contribution in [2.75, 3.05) is 26.2 Å². The van der Waals surface area contributed by atoms with E-state index in [2.05, 4.69) is 5.32 Å². The number of rotatable bonds is 6. The molecule has 6 nitrogen and oxygen atoms in total. The van der Waals surface area contributed by atoms with Gasteiger partial charge in [0.25, 0.3) is 5.91 Å². The van der Waals surface area contributed by atoms with Crippen LogP contribution in [0.5, 0.6) is 0 Å². The zero-order valence-corrected chi connectivity index (χ0v) is 12.4. The number of likely N-dealkylation sites (tertiary alicyclic amines) is 1. The summed E-state index contributed by atoms with van der Waals surface area (Å²) in [7, 11) is 0. The Hall–Kier alpha value is -1.82. The number of ether oxygens (including phenoxy) is 1. The smallest absolute Gasteiger partial charge is 0.309 e. The SMILES string of the molecule is CCOC(=O)C1CC[NH+](CC(=O)NCc2ccco2)CC1. The van der Waals surface area contributed by atoms with E-state index in [0.29, 0.717) is 19.7 Å². The highest BCUT2D eigenvalue weighted by molar-refractivity contribution is 5.76. The van der Waals surface area contributed by atoms with Gasteiger partial charge >= 0.3 is 5.97 Å². The summed E-state index contributed by atoms with van der Waals surface area (Å²) in [6.07, 6.45) is 3.17. The highest BCUT2D eigenvalue weighted by Crippen LogP contribution is 2.11. The van der Waals surface area contributed by atoms with Crippen molar-refractivity contribution in [1.82, 2.24) is 5.32 Å². The van der Waals surface area contributed by atoms with E-state index in [9.17, 15) is 9.59 Å². The molecule has 1 aliphatic rings. The van der Waals surface area contributed by atoms with Gasteiger partial charge in [-0.15, -0.1) is 0 Å². The Balaban J connectivity index is 1.66. The number of nitrogens with one attached hydrogen (secondary N) is 2. The Kier molecular flexibility index (Phi) is 5.80. The lowest BCUT2D eigenvalue weighted by Crippen LogP contribution is -3.14. The molecule has 0 spiro atoms. The third-order valence-electron chi connectivity index (χ3n) is 3.76. The lowest BCUT2D eigenvalue weighted by molar-refractivity contribution is -0.897. The van der Waals surface area contributed by atoms with Gasteiger partial charge in [-0.2, -0.15) is 0 Å². The molecule has 1 amide bonds. The molecule has 1 saturated heterocycles. The van der Waals surface area contributed by atoms with E-state index in [4.69, 9.17) is 9.15 Å².